The van der Waals surface area contributed by atoms with Gasteiger partial charge in [0.2, 0.25) is 0 Å². The zero-order valence-corrected chi connectivity index (χ0v) is 7.79. The molecule has 0 aliphatic heterocycles. The molecule has 0 nitrogen and oxygen atoms in total. The van der Waals surface area contributed by atoms with Gasteiger partial charge in [0.25, 0.3) is 0 Å². The summed E-state index contributed by atoms with van der Waals surface area (Å²) in [5, 5.41) is -10.8. The summed E-state index contributed by atoms with van der Waals surface area (Å²) in [5.74, 6) is -18.6. The van der Waals surface area contributed by atoms with E-state index in [0.29, 0.717) is 0 Å². The van der Waals surface area contributed by atoms with Crippen LogP contribution in [0.2, 0.25) is 0 Å². The molecule has 0 spiro atoms. The molecule has 0 heterocycles. The van der Waals surface area contributed by atoms with E-state index in [4.69, 9.17) is 0 Å². The third-order valence-electron chi connectivity index (χ3n) is 1.97. The second kappa shape index (κ2) is 2.64. The summed E-state index contributed by atoms with van der Waals surface area (Å²) in [6, 6.07) is 0. The first-order valence-corrected chi connectivity index (χ1v) is 3.90. The Hall–Kier alpha value is 0.0200. The Morgan fingerprint density at radius 2 is 0.667 bits per heavy atom. The highest BCUT2D eigenvalue weighted by atomic mass is 35.5. The standard InChI is InChI=1S/C5Cl2F8/c6-1(8)2(7,9)4(12,13)5(14,15)3(1,10)11. The van der Waals surface area contributed by atoms with Crippen molar-refractivity contribution in [1.82, 2.24) is 0 Å². The van der Waals surface area contributed by atoms with Gasteiger partial charge in [-0.3, -0.25) is 0 Å². The van der Waals surface area contributed by atoms with Crippen molar-refractivity contribution in [3.05, 3.63) is 0 Å². The first kappa shape index (κ1) is 13.1. The van der Waals surface area contributed by atoms with E-state index in [2.05, 4.69) is 23.2 Å². The van der Waals surface area contributed by atoms with Gasteiger partial charge < -0.3 is 0 Å². The summed E-state index contributed by atoms with van der Waals surface area (Å²) in [6.07, 6.45) is 0. The fourth-order valence-electron chi connectivity index (χ4n) is 0.986. The predicted molar refractivity (Wildman–Crippen MR) is 34.2 cm³/mol. The molecule has 1 aliphatic rings. The van der Waals surface area contributed by atoms with Crippen LogP contribution in [-0.4, -0.2) is 28.0 Å². The minimum absolute atomic E-state index is 4.04. The van der Waals surface area contributed by atoms with Gasteiger partial charge in [0.05, 0.1) is 0 Å². The molecular weight excluding hydrogens is 283 g/mol. The molecule has 1 saturated carbocycles. The maximum absolute atomic E-state index is 12.7. The van der Waals surface area contributed by atoms with Gasteiger partial charge in [-0.1, -0.05) is 23.2 Å². The third-order valence-corrected chi connectivity index (χ3v) is 3.06. The van der Waals surface area contributed by atoms with Crippen molar-refractivity contribution in [2.45, 2.75) is 28.0 Å². The summed E-state index contributed by atoms with van der Waals surface area (Å²) in [4.78, 5) is 0. The molecule has 0 aromatic rings. The Kier molecular flexibility index (Phi) is 2.30. The van der Waals surface area contributed by atoms with E-state index in [1.165, 1.54) is 0 Å². The zero-order chi connectivity index (χ0) is 12.5. The monoisotopic (exact) mass is 282 g/mol. The van der Waals surface area contributed by atoms with Crippen molar-refractivity contribution in [2.24, 2.45) is 0 Å². The first-order chi connectivity index (χ1) is 6.25. The maximum atomic E-state index is 12.7. The summed E-state index contributed by atoms with van der Waals surface area (Å²) in [7, 11) is 0. The Morgan fingerprint density at radius 1 is 0.467 bits per heavy atom. The van der Waals surface area contributed by atoms with E-state index in [1.54, 1.807) is 0 Å². The second-order valence-electron chi connectivity index (χ2n) is 2.87. The molecule has 90 valence electrons. The highest BCUT2D eigenvalue weighted by Gasteiger charge is 2.99. The van der Waals surface area contributed by atoms with Gasteiger partial charge in [-0.05, 0) is 0 Å². The van der Waals surface area contributed by atoms with E-state index in [9.17, 15) is 35.1 Å². The van der Waals surface area contributed by atoms with E-state index in [0.717, 1.165) is 0 Å². The maximum Gasteiger partial charge on any atom is 0.381 e. The lowest BCUT2D eigenvalue weighted by molar-refractivity contribution is -0.285. The smallest absolute Gasteiger partial charge is 0.214 e. The van der Waals surface area contributed by atoms with Crippen LogP contribution < -0.4 is 0 Å². The number of rotatable bonds is 0. The number of halogens is 10. The molecule has 1 fully saturated rings. The van der Waals surface area contributed by atoms with Crippen molar-refractivity contribution in [3.63, 3.8) is 0 Å². The van der Waals surface area contributed by atoms with E-state index in [1.807, 2.05) is 0 Å². The highest BCUT2D eigenvalue weighted by Crippen LogP contribution is 2.71. The number of hydrogen-bond acceptors (Lipinski definition) is 0. The predicted octanol–water partition coefficient (Wildman–Crippen LogP) is 3.72. The fraction of sp³-hybridized carbons (Fsp3) is 1.00. The Balaban J connectivity index is 3.55. The summed E-state index contributed by atoms with van der Waals surface area (Å²) >= 11 is 8.07. The van der Waals surface area contributed by atoms with Crippen LogP contribution in [0, 0.1) is 0 Å². The molecule has 2 unspecified atom stereocenters. The Bertz CT molecular complexity index is 206. The molecule has 2 atom stereocenters. The van der Waals surface area contributed by atoms with Crippen molar-refractivity contribution in [3.8, 4) is 0 Å². The van der Waals surface area contributed by atoms with Gasteiger partial charge in [-0.25, -0.2) is 8.78 Å². The molecular formula is C5Cl2F8. The van der Waals surface area contributed by atoms with Crippen molar-refractivity contribution in [1.29, 1.82) is 0 Å². The van der Waals surface area contributed by atoms with Crippen molar-refractivity contribution >= 4 is 23.2 Å². The van der Waals surface area contributed by atoms with Gasteiger partial charge in [-0.2, -0.15) is 26.3 Å². The van der Waals surface area contributed by atoms with Gasteiger partial charge in [0, 0.05) is 0 Å². The first-order valence-electron chi connectivity index (χ1n) is 3.14. The van der Waals surface area contributed by atoms with Gasteiger partial charge in [-0.15, -0.1) is 0 Å². The molecule has 0 aromatic carbocycles. The van der Waals surface area contributed by atoms with Crippen LogP contribution in [0.3, 0.4) is 0 Å². The van der Waals surface area contributed by atoms with Gasteiger partial charge in [0.15, 0.2) is 0 Å². The molecule has 0 saturated heterocycles. The Labute approximate surface area is 87.1 Å². The lowest BCUT2D eigenvalue weighted by Gasteiger charge is -2.25. The number of hydrogen-bond donors (Lipinski definition) is 0. The van der Waals surface area contributed by atoms with Crippen LogP contribution in [0.15, 0.2) is 0 Å². The molecule has 10 heteroatoms. The lowest BCUT2D eigenvalue weighted by Crippen LogP contribution is -2.50. The molecule has 15 heavy (non-hydrogen) atoms. The molecule has 0 amide bonds. The van der Waals surface area contributed by atoms with Crippen LogP contribution in [0.1, 0.15) is 0 Å². The molecule has 1 aliphatic carbocycles. The highest BCUT2D eigenvalue weighted by molar-refractivity contribution is 6.35. The van der Waals surface area contributed by atoms with Gasteiger partial charge >= 0.3 is 28.0 Å². The van der Waals surface area contributed by atoms with Crippen molar-refractivity contribution in [2.75, 3.05) is 0 Å². The quantitative estimate of drug-likeness (QED) is 0.469. The lowest BCUT2D eigenvalue weighted by atomic mass is 10.2. The van der Waals surface area contributed by atoms with Crippen LogP contribution in [0.4, 0.5) is 35.1 Å². The summed E-state index contributed by atoms with van der Waals surface area (Å²) in [6.45, 7) is 0. The minimum Gasteiger partial charge on any atom is -0.214 e. The molecule has 1 rings (SSSR count). The van der Waals surface area contributed by atoms with Crippen LogP contribution in [-0.2, 0) is 0 Å². The van der Waals surface area contributed by atoms with Crippen molar-refractivity contribution < 1.29 is 35.1 Å². The average Bonchev–Trinajstić information content (AvgIpc) is 2.04. The SMILES string of the molecule is FC1(F)C(F)(F)C(F)(Cl)C(F)(Cl)C1(F)F. The summed E-state index contributed by atoms with van der Waals surface area (Å²) < 4.78 is 99.8. The second-order valence-corrected chi connectivity index (χ2v) is 3.91. The molecule has 0 aromatic heterocycles. The van der Waals surface area contributed by atoms with E-state index >= 15 is 0 Å². The molecule has 0 N–H and O–H groups in total. The molecule has 0 radical (unpaired) electrons. The van der Waals surface area contributed by atoms with E-state index < -0.39 is 28.0 Å². The third kappa shape index (κ3) is 0.999. The summed E-state index contributed by atoms with van der Waals surface area (Å²) in [5.41, 5.74) is 0. The Morgan fingerprint density at radius 3 is 0.733 bits per heavy atom. The number of alkyl halides is 10. The van der Waals surface area contributed by atoms with Crippen LogP contribution in [0.5, 0.6) is 0 Å². The fourth-order valence-corrected chi connectivity index (χ4v) is 1.46. The van der Waals surface area contributed by atoms with Crippen LogP contribution >= 0.6 is 23.2 Å². The average molecular weight is 283 g/mol. The van der Waals surface area contributed by atoms with Crippen LogP contribution in [0.25, 0.3) is 0 Å². The normalized spacial score (nSPS) is 46.8. The largest absolute Gasteiger partial charge is 0.381 e. The van der Waals surface area contributed by atoms with E-state index in [-0.39, 0.29) is 0 Å². The van der Waals surface area contributed by atoms with Gasteiger partial charge in [0.1, 0.15) is 0 Å². The minimum atomic E-state index is -6.33. The molecule has 0 bridgehead atoms. The zero-order valence-electron chi connectivity index (χ0n) is 6.28. The topological polar surface area (TPSA) is 0 Å².